The number of halogens is 2. The SMILES string of the molecule is CC(C)CC1(NC[C@]2(O)CCCN(Cc3cccc(F)c3F)C2=O)CC1. The Hall–Kier alpha value is -1.53. The van der Waals surface area contributed by atoms with Crippen LogP contribution in [0, 0.1) is 17.6 Å². The molecule has 2 aliphatic rings. The van der Waals surface area contributed by atoms with E-state index in [-0.39, 0.29) is 24.2 Å². The van der Waals surface area contributed by atoms with Crippen molar-refractivity contribution in [3.05, 3.63) is 35.4 Å². The van der Waals surface area contributed by atoms with Crippen molar-refractivity contribution in [2.24, 2.45) is 5.92 Å². The number of carbonyl (C=O) groups excluding carboxylic acids is 1. The molecule has 1 aromatic carbocycles. The highest BCUT2D eigenvalue weighted by molar-refractivity contribution is 5.86. The normalized spacial score (nSPS) is 25.0. The molecule has 4 nitrogen and oxygen atoms in total. The van der Waals surface area contributed by atoms with Crippen LogP contribution in [-0.2, 0) is 11.3 Å². The van der Waals surface area contributed by atoms with Crippen molar-refractivity contribution in [3.63, 3.8) is 0 Å². The van der Waals surface area contributed by atoms with Gasteiger partial charge in [-0.25, -0.2) is 8.78 Å². The Balaban J connectivity index is 1.66. The van der Waals surface area contributed by atoms with Crippen molar-refractivity contribution in [1.82, 2.24) is 10.2 Å². The first kappa shape index (κ1) is 19.2. The highest BCUT2D eigenvalue weighted by Gasteiger charge is 2.47. The van der Waals surface area contributed by atoms with E-state index in [0.29, 0.717) is 25.3 Å². The van der Waals surface area contributed by atoms with Gasteiger partial charge in [-0.05, 0) is 44.1 Å². The number of aliphatic hydroxyl groups is 1. The van der Waals surface area contributed by atoms with Crippen molar-refractivity contribution in [3.8, 4) is 0 Å². The Morgan fingerprint density at radius 3 is 2.65 bits per heavy atom. The summed E-state index contributed by atoms with van der Waals surface area (Å²) in [6.45, 7) is 4.95. The zero-order valence-corrected chi connectivity index (χ0v) is 15.5. The van der Waals surface area contributed by atoms with E-state index >= 15 is 0 Å². The van der Waals surface area contributed by atoms with Crippen LogP contribution in [0.2, 0.25) is 0 Å². The summed E-state index contributed by atoms with van der Waals surface area (Å²) in [6, 6.07) is 3.96. The largest absolute Gasteiger partial charge is 0.379 e. The molecule has 0 bridgehead atoms. The first-order valence-corrected chi connectivity index (χ1v) is 9.44. The lowest BCUT2D eigenvalue weighted by Gasteiger charge is -2.39. The first-order valence-electron chi connectivity index (χ1n) is 9.44. The molecule has 1 aliphatic carbocycles. The van der Waals surface area contributed by atoms with Gasteiger partial charge in [0.15, 0.2) is 17.2 Å². The van der Waals surface area contributed by atoms with Gasteiger partial charge in [0.25, 0.3) is 5.91 Å². The van der Waals surface area contributed by atoms with Gasteiger partial charge in [0.2, 0.25) is 0 Å². The fraction of sp³-hybridized carbons (Fsp3) is 0.650. The molecule has 1 amide bonds. The lowest BCUT2D eigenvalue weighted by Crippen LogP contribution is -2.59. The number of hydrogen-bond acceptors (Lipinski definition) is 3. The van der Waals surface area contributed by atoms with Crippen molar-refractivity contribution in [1.29, 1.82) is 0 Å². The van der Waals surface area contributed by atoms with Gasteiger partial charge in [0.05, 0.1) is 0 Å². The zero-order chi connectivity index (χ0) is 18.9. The van der Waals surface area contributed by atoms with Gasteiger partial charge in [0.1, 0.15) is 0 Å². The Morgan fingerprint density at radius 1 is 1.27 bits per heavy atom. The zero-order valence-electron chi connectivity index (χ0n) is 15.5. The number of hydrogen-bond donors (Lipinski definition) is 2. The van der Waals surface area contributed by atoms with Gasteiger partial charge >= 0.3 is 0 Å². The summed E-state index contributed by atoms with van der Waals surface area (Å²) in [5, 5.41) is 14.3. The van der Waals surface area contributed by atoms with Crippen LogP contribution in [-0.4, -0.2) is 40.1 Å². The van der Waals surface area contributed by atoms with E-state index in [0.717, 1.165) is 25.3 Å². The second-order valence-corrected chi connectivity index (χ2v) is 8.31. The van der Waals surface area contributed by atoms with Crippen molar-refractivity contribution in [2.45, 2.75) is 63.6 Å². The minimum Gasteiger partial charge on any atom is -0.379 e. The van der Waals surface area contributed by atoms with E-state index in [9.17, 15) is 18.7 Å². The fourth-order valence-corrected chi connectivity index (χ4v) is 3.98. The van der Waals surface area contributed by atoms with Gasteiger partial charge < -0.3 is 15.3 Å². The van der Waals surface area contributed by atoms with Crippen molar-refractivity contribution < 1.29 is 18.7 Å². The van der Waals surface area contributed by atoms with Crippen LogP contribution >= 0.6 is 0 Å². The van der Waals surface area contributed by atoms with Crippen LogP contribution in [0.1, 0.15) is 51.5 Å². The number of rotatable bonds is 7. The molecular formula is C20H28F2N2O2. The predicted molar refractivity (Wildman–Crippen MR) is 95.4 cm³/mol. The van der Waals surface area contributed by atoms with E-state index in [1.54, 1.807) is 0 Å². The lowest BCUT2D eigenvalue weighted by molar-refractivity contribution is -0.157. The topological polar surface area (TPSA) is 52.6 Å². The van der Waals surface area contributed by atoms with E-state index in [2.05, 4.69) is 19.2 Å². The second kappa shape index (κ2) is 7.24. The van der Waals surface area contributed by atoms with Crippen molar-refractivity contribution >= 4 is 5.91 Å². The van der Waals surface area contributed by atoms with E-state index in [1.165, 1.54) is 17.0 Å². The summed E-state index contributed by atoms with van der Waals surface area (Å²) >= 11 is 0. The van der Waals surface area contributed by atoms with Crippen LogP contribution in [0.4, 0.5) is 8.78 Å². The lowest BCUT2D eigenvalue weighted by atomic mass is 9.90. The monoisotopic (exact) mass is 366 g/mol. The average Bonchev–Trinajstić information content (AvgIpc) is 3.34. The fourth-order valence-electron chi connectivity index (χ4n) is 3.98. The maximum absolute atomic E-state index is 13.9. The number of β-amino-alcohol motifs (C(OH)–C–C–N with tert-alkyl or cyclic N) is 1. The summed E-state index contributed by atoms with van der Waals surface area (Å²) < 4.78 is 27.3. The number of likely N-dealkylation sites (tertiary alicyclic amines) is 1. The third-order valence-corrected chi connectivity index (χ3v) is 5.50. The molecule has 1 atom stereocenters. The molecule has 1 heterocycles. The van der Waals surface area contributed by atoms with Crippen LogP contribution in [0.25, 0.3) is 0 Å². The summed E-state index contributed by atoms with van der Waals surface area (Å²) in [6.07, 6.45) is 4.17. The first-order chi connectivity index (χ1) is 12.2. The molecule has 1 aromatic rings. The van der Waals surface area contributed by atoms with Crippen LogP contribution < -0.4 is 5.32 Å². The number of piperidine rings is 1. The highest BCUT2D eigenvalue weighted by Crippen LogP contribution is 2.41. The highest BCUT2D eigenvalue weighted by atomic mass is 19.2. The molecule has 3 rings (SSSR count). The maximum Gasteiger partial charge on any atom is 0.256 e. The van der Waals surface area contributed by atoms with Gasteiger partial charge in [-0.3, -0.25) is 4.79 Å². The molecule has 0 unspecified atom stereocenters. The number of nitrogens with one attached hydrogen (secondary N) is 1. The summed E-state index contributed by atoms with van der Waals surface area (Å²) in [4.78, 5) is 14.3. The van der Waals surface area contributed by atoms with Gasteiger partial charge in [-0.1, -0.05) is 26.0 Å². The number of nitrogens with zero attached hydrogens (tertiary/aromatic N) is 1. The Kier molecular flexibility index (Phi) is 5.35. The smallest absolute Gasteiger partial charge is 0.256 e. The summed E-state index contributed by atoms with van der Waals surface area (Å²) in [7, 11) is 0. The number of amides is 1. The molecule has 1 saturated heterocycles. The van der Waals surface area contributed by atoms with Crippen molar-refractivity contribution in [2.75, 3.05) is 13.1 Å². The molecule has 2 fully saturated rings. The molecule has 0 aromatic heterocycles. The van der Waals surface area contributed by atoms with Gasteiger partial charge in [-0.2, -0.15) is 0 Å². The molecular weight excluding hydrogens is 338 g/mol. The Morgan fingerprint density at radius 2 is 2.00 bits per heavy atom. The molecule has 2 N–H and O–H groups in total. The third kappa shape index (κ3) is 4.07. The molecule has 6 heteroatoms. The molecule has 1 aliphatic heterocycles. The minimum atomic E-state index is -1.48. The van der Waals surface area contributed by atoms with E-state index in [1.807, 2.05) is 0 Å². The molecule has 26 heavy (non-hydrogen) atoms. The van der Waals surface area contributed by atoms with Crippen LogP contribution in [0.3, 0.4) is 0 Å². The standard InChI is InChI=1S/C20H28F2N2O2/c1-14(2)11-19(8-9-19)23-13-20(26)7-4-10-24(18(20)25)12-15-5-3-6-16(21)17(15)22/h3,5-6,14,23,26H,4,7-13H2,1-2H3/t20-/m1/s1. The predicted octanol–water partition coefficient (Wildman–Crippen LogP) is 2.99. The van der Waals surface area contributed by atoms with Gasteiger partial charge in [-0.15, -0.1) is 0 Å². The Labute approximate surface area is 153 Å². The molecule has 0 radical (unpaired) electrons. The molecule has 1 saturated carbocycles. The van der Waals surface area contributed by atoms with E-state index < -0.39 is 23.1 Å². The number of carbonyl (C=O) groups is 1. The molecule has 144 valence electrons. The van der Waals surface area contributed by atoms with Gasteiger partial charge in [0, 0.05) is 30.7 Å². The van der Waals surface area contributed by atoms with Crippen LogP contribution in [0.5, 0.6) is 0 Å². The number of benzene rings is 1. The third-order valence-electron chi connectivity index (χ3n) is 5.50. The minimum absolute atomic E-state index is 0.0259. The average molecular weight is 366 g/mol. The summed E-state index contributed by atoms with van der Waals surface area (Å²) in [5.74, 6) is -1.70. The van der Waals surface area contributed by atoms with Crippen LogP contribution in [0.15, 0.2) is 18.2 Å². The quantitative estimate of drug-likeness (QED) is 0.780. The summed E-state index contributed by atoms with van der Waals surface area (Å²) in [5.41, 5.74) is -1.30. The Bertz CT molecular complexity index is 676. The molecule has 0 spiro atoms. The maximum atomic E-state index is 13.9. The van der Waals surface area contributed by atoms with E-state index in [4.69, 9.17) is 0 Å². The second-order valence-electron chi connectivity index (χ2n) is 8.31.